The molecule has 0 unspecified atom stereocenters. The van der Waals surface area contributed by atoms with Crippen LogP contribution in [0.1, 0.15) is 72.2 Å². The second-order valence-electron chi connectivity index (χ2n) is 20.8. The van der Waals surface area contributed by atoms with Crippen LogP contribution in [0.4, 0.5) is 0 Å². The molecule has 0 aliphatic heterocycles. The summed E-state index contributed by atoms with van der Waals surface area (Å²) in [6, 6.07) is 68.5. The molecule has 0 spiro atoms. The molecule has 3 heterocycles. The zero-order valence-corrected chi connectivity index (χ0v) is 41.8. The molecule has 2 aliphatic carbocycles. The second-order valence-corrected chi connectivity index (χ2v) is 20.8. The molecule has 9 aromatic carbocycles. The first-order valence-electron chi connectivity index (χ1n) is 25.2. The fraction of sp³-hybridized carbons (Fsp3) is 0.0896. The Bertz CT molecular complexity index is 4400. The molecular formula is C67H41N9. The normalized spacial score (nSPS) is 13.4. The van der Waals surface area contributed by atoms with Crippen molar-refractivity contribution in [1.29, 1.82) is 21.0 Å². The largest absolute Gasteiger partial charge is 0.307 e. The first-order chi connectivity index (χ1) is 37.0. The van der Waals surface area contributed by atoms with Gasteiger partial charge in [-0.25, -0.2) is 15.0 Å². The molecule has 12 aromatic rings. The van der Waals surface area contributed by atoms with Gasteiger partial charge in [0.2, 0.25) is 0 Å². The van der Waals surface area contributed by atoms with Gasteiger partial charge < -0.3 is 9.13 Å². The van der Waals surface area contributed by atoms with Crippen molar-refractivity contribution in [1.82, 2.24) is 24.1 Å². The molecule has 0 fully saturated rings. The van der Waals surface area contributed by atoms with Gasteiger partial charge in [-0.2, -0.15) is 21.0 Å². The van der Waals surface area contributed by atoms with E-state index in [2.05, 4.69) is 146 Å². The van der Waals surface area contributed by atoms with Gasteiger partial charge in [-0.3, -0.25) is 0 Å². The van der Waals surface area contributed by atoms with Crippen molar-refractivity contribution in [2.24, 2.45) is 0 Å². The Hall–Kier alpha value is -10.5. The first kappa shape index (κ1) is 44.3. The molecule has 0 N–H and O–H groups in total. The summed E-state index contributed by atoms with van der Waals surface area (Å²) in [4.78, 5) is 15.1. The van der Waals surface area contributed by atoms with E-state index in [1.54, 1.807) is 24.3 Å². The summed E-state index contributed by atoms with van der Waals surface area (Å²) in [5, 5.41) is 48.6. The smallest absolute Gasteiger partial charge is 0.164 e. The quantitative estimate of drug-likeness (QED) is 0.167. The highest BCUT2D eigenvalue weighted by molar-refractivity contribution is 6.13. The molecule has 2 aliphatic rings. The van der Waals surface area contributed by atoms with Crippen LogP contribution in [0, 0.1) is 45.3 Å². The number of aromatic nitrogens is 5. The van der Waals surface area contributed by atoms with Crippen molar-refractivity contribution in [2.75, 3.05) is 0 Å². The third kappa shape index (κ3) is 6.12. The van der Waals surface area contributed by atoms with Gasteiger partial charge >= 0.3 is 0 Å². The number of hydrogen-bond acceptors (Lipinski definition) is 7. The highest BCUT2D eigenvalue weighted by Gasteiger charge is 2.38. The number of nitrogens with zero attached hydrogens (tertiary/aromatic N) is 9. The van der Waals surface area contributed by atoms with E-state index in [0.717, 1.165) is 43.6 Å². The maximum Gasteiger partial charge on any atom is 0.164 e. The molecule has 76 heavy (non-hydrogen) atoms. The topological polar surface area (TPSA) is 144 Å². The molecule has 0 radical (unpaired) electrons. The molecule has 3 aromatic heterocycles. The number of fused-ring (bicyclic) bond motifs is 12. The molecule has 0 saturated heterocycles. The minimum atomic E-state index is -0.285. The minimum absolute atomic E-state index is 0.212. The SMILES string of the molecule is CC1(C)c2ccccc2-c2cc3c4ccccc4n(-c4c(C#N)cc(-c5nc(-c6ccccc6)nc(-c6cc(C#N)c(-n7c8ccccc8c8cc9c(cc87)C(C)(C)c7ccccc7-9)c(C#N)c6)n5)cc4C#N)c3cc21. The summed E-state index contributed by atoms with van der Waals surface area (Å²) < 4.78 is 4.11. The Labute approximate surface area is 437 Å². The molecule has 9 heteroatoms. The van der Waals surface area contributed by atoms with Crippen molar-refractivity contribution < 1.29 is 0 Å². The summed E-state index contributed by atoms with van der Waals surface area (Å²) in [7, 11) is 0. The standard InChI is InChI=1S/C67H41N9/c1-66(2)53-22-12-8-18-45(53)49-30-51-47-20-10-14-24-57(47)75(59(51)32-55(49)66)61-41(34-68)26-39(27-42(61)35-69)64-72-63(38-16-6-5-7-17-38)73-65(74-64)40-28-43(36-70)62(44(29-40)37-71)76-58-25-15-11-21-48(58)52-31-50-46-19-9-13-23-54(46)67(3,4)56(50)33-60(52)76/h5-33H,1-4H3. The number of hydrogen-bond donors (Lipinski definition) is 0. The van der Waals surface area contributed by atoms with E-state index in [-0.39, 0.29) is 44.7 Å². The van der Waals surface area contributed by atoms with Crippen LogP contribution in [-0.4, -0.2) is 24.1 Å². The molecule has 9 nitrogen and oxygen atoms in total. The average molecular weight is 972 g/mol. The Morgan fingerprint density at radius 3 is 1.09 bits per heavy atom. The molecular weight excluding hydrogens is 931 g/mol. The van der Waals surface area contributed by atoms with Gasteiger partial charge in [0.05, 0.1) is 55.7 Å². The van der Waals surface area contributed by atoms with Crippen molar-refractivity contribution in [3.63, 3.8) is 0 Å². The zero-order chi connectivity index (χ0) is 51.8. The number of benzene rings is 9. The van der Waals surface area contributed by atoms with Crippen molar-refractivity contribution >= 4 is 43.6 Å². The van der Waals surface area contributed by atoms with Crippen LogP contribution in [-0.2, 0) is 10.8 Å². The minimum Gasteiger partial charge on any atom is -0.307 e. The fourth-order valence-corrected chi connectivity index (χ4v) is 12.5. The molecule has 0 atom stereocenters. The van der Waals surface area contributed by atoms with Crippen molar-refractivity contribution in [3.8, 4) is 92.1 Å². The maximum atomic E-state index is 11.1. The lowest BCUT2D eigenvalue weighted by Gasteiger charge is -2.22. The molecule has 14 rings (SSSR count). The maximum absolute atomic E-state index is 11.1. The Balaban J connectivity index is 0.957. The van der Waals surface area contributed by atoms with Gasteiger partial charge in [-0.05, 0) is 105 Å². The lowest BCUT2D eigenvalue weighted by Crippen LogP contribution is -2.15. The van der Waals surface area contributed by atoms with Crippen LogP contribution in [0.2, 0.25) is 0 Å². The summed E-state index contributed by atoms with van der Waals surface area (Å²) in [6.45, 7) is 8.97. The molecule has 0 bridgehead atoms. The third-order valence-corrected chi connectivity index (χ3v) is 16.1. The molecule has 0 amide bonds. The number of para-hydroxylation sites is 2. The predicted molar refractivity (Wildman–Crippen MR) is 299 cm³/mol. The van der Waals surface area contributed by atoms with Crippen molar-refractivity contribution in [3.05, 3.63) is 220 Å². The van der Waals surface area contributed by atoms with E-state index in [1.165, 1.54) is 44.5 Å². The lowest BCUT2D eigenvalue weighted by molar-refractivity contribution is 0.661. The number of rotatable bonds is 5. The van der Waals surface area contributed by atoms with E-state index < -0.39 is 0 Å². The van der Waals surface area contributed by atoms with E-state index in [0.29, 0.717) is 33.9 Å². The van der Waals surface area contributed by atoms with E-state index >= 15 is 0 Å². The van der Waals surface area contributed by atoms with Crippen LogP contribution in [0.3, 0.4) is 0 Å². The summed E-state index contributed by atoms with van der Waals surface area (Å²) >= 11 is 0. The Morgan fingerprint density at radius 1 is 0.329 bits per heavy atom. The Kier molecular flexibility index (Phi) is 9.33. The monoisotopic (exact) mass is 971 g/mol. The van der Waals surface area contributed by atoms with Gasteiger partial charge in [-0.15, -0.1) is 0 Å². The van der Waals surface area contributed by atoms with Gasteiger partial charge in [0.15, 0.2) is 17.5 Å². The fourth-order valence-electron chi connectivity index (χ4n) is 12.5. The van der Waals surface area contributed by atoms with Crippen LogP contribution < -0.4 is 0 Å². The number of nitriles is 4. The summed E-state index contributed by atoms with van der Waals surface area (Å²) in [5.41, 5.74) is 16.1. The Morgan fingerprint density at radius 2 is 0.684 bits per heavy atom. The second kappa shape index (κ2) is 16.0. The summed E-state index contributed by atoms with van der Waals surface area (Å²) in [5.74, 6) is 0.760. The first-order valence-corrected chi connectivity index (χ1v) is 25.2. The van der Waals surface area contributed by atoms with E-state index in [9.17, 15) is 21.0 Å². The van der Waals surface area contributed by atoms with Crippen LogP contribution in [0.5, 0.6) is 0 Å². The van der Waals surface area contributed by atoms with E-state index in [4.69, 9.17) is 15.0 Å². The highest BCUT2D eigenvalue weighted by atomic mass is 15.0. The van der Waals surface area contributed by atoms with E-state index in [1.807, 2.05) is 66.7 Å². The van der Waals surface area contributed by atoms with Crippen LogP contribution in [0.25, 0.3) is 111 Å². The average Bonchev–Trinajstić information content (AvgIpc) is 4.29. The van der Waals surface area contributed by atoms with Gasteiger partial charge in [0, 0.05) is 49.1 Å². The van der Waals surface area contributed by atoms with Gasteiger partial charge in [0.25, 0.3) is 0 Å². The van der Waals surface area contributed by atoms with Crippen LogP contribution >= 0.6 is 0 Å². The van der Waals surface area contributed by atoms with Crippen molar-refractivity contribution in [2.45, 2.75) is 38.5 Å². The molecule has 354 valence electrons. The predicted octanol–water partition coefficient (Wildman–Crippen LogP) is 15.2. The van der Waals surface area contributed by atoms with Crippen LogP contribution in [0.15, 0.2) is 176 Å². The zero-order valence-electron chi connectivity index (χ0n) is 41.8. The lowest BCUT2D eigenvalue weighted by atomic mass is 9.82. The van der Waals surface area contributed by atoms with Gasteiger partial charge in [-0.1, -0.05) is 143 Å². The third-order valence-electron chi connectivity index (χ3n) is 16.1. The highest BCUT2D eigenvalue weighted by Crippen LogP contribution is 2.53. The van der Waals surface area contributed by atoms with Gasteiger partial charge in [0.1, 0.15) is 24.3 Å². The summed E-state index contributed by atoms with van der Waals surface area (Å²) in [6.07, 6.45) is 0. The molecule has 0 saturated carbocycles.